The third kappa shape index (κ3) is 3.62. The Morgan fingerprint density at radius 3 is 3.11 bits per heavy atom. The molecule has 1 atom stereocenters. The summed E-state index contributed by atoms with van der Waals surface area (Å²) in [6, 6.07) is 7.36. The normalized spacial score (nSPS) is 16.3. The zero-order valence-corrected chi connectivity index (χ0v) is 15.8. The Hall–Kier alpha value is -2.60. The quantitative estimate of drug-likeness (QED) is 0.724. The first-order chi connectivity index (χ1) is 13.0. The van der Waals surface area contributed by atoms with Crippen molar-refractivity contribution >= 4 is 28.4 Å². The molecule has 1 aliphatic carbocycles. The number of rotatable bonds is 4. The lowest BCUT2D eigenvalue weighted by Gasteiger charge is -2.23. The third-order valence-corrected chi connectivity index (χ3v) is 5.48. The standard InChI is InChI=1S/C20H21ClN4O2/c1-25-19(26)9-14-8-12(2-4-17(14)24-25)20(27)22-7-6-13-11-23-18-5-3-15(21)10-16(13)18/h3,5,9-12,23H,2,4,6-8H2,1H3,(H,22,27). The van der Waals surface area contributed by atoms with E-state index in [1.807, 2.05) is 24.4 Å². The monoisotopic (exact) mass is 384 g/mol. The number of aromatic nitrogens is 3. The molecule has 27 heavy (non-hydrogen) atoms. The Bertz CT molecular complexity index is 1070. The van der Waals surface area contributed by atoms with Gasteiger partial charge in [0, 0.05) is 47.7 Å². The Morgan fingerprint density at radius 1 is 1.41 bits per heavy atom. The number of carbonyl (C=O) groups excluding carboxylic acids is 1. The largest absolute Gasteiger partial charge is 0.361 e. The molecule has 2 aromatic heterocycles. The molecular weight excluding hydrogens is 364 g/mol. The van der Waals surface area contributed by atoms with E-state index in [0.717, 1.165) is 47.0 Å². The van der Waals surface area contributed by atoms with Crippen molar-refractivity contribution < 1.29 is 4.79 Å². The van der Waals surface area contributed by atoms with Crippen molar-refractivity contribution in [3.05, 3.63) is 62.7 Å². The summed E-state index contributed by atoms with van der Waals surface area (Å²) in [5.74, 6) is -0.0666. The highest BCUT2D eigenvalue weighted by molar-refractivity contribution is 6.31. The Morgan fingerprint density at radius 2 is 2.26 bits per heavy atom. The average Bonchev–Trinajstić information content (AvgIpc) is 3.04. The first-order valence-electron chi connectivity index (χ1n) is 9.10. The minimum Gasteiger partial charge on any atom is -0.361 e. The van der Waals surface area contributed by atoms with Gasteiger partial charge in [-0.05, 0) is 55.0 Å². The van der Waals surface area contributed by atoms with Gasteiger partial charge in [0.2, 0.25) is 5.91 Å². The van der Waals surface area contributed by atoms with Crippen LogP contribution in [0, 0.1) is 5.92 Å². The number of aryl methyl sites for hydroxylation is 2. The Kier molecular flexibility index (Phi) is 4.74. The fourth-order valence-corrected chi connectivity index (χ4v) is 3.90. The summed E-state index contributed by atoms with van der Waals surface area (Å²) >= 11 is 6.08. The summed E-state index contributed by atoms with van der Waals surface area (Å²) in [5.41, 5.74) is 3.87. The van der Waals surface area contributed by atoms with Crippen molar-refractivity contribution in [3.63, 3.8) is 0 Å². The number of carbonyl (C=O) groups is 1. The van der Waals surface area contributed by atoms with E-state index in [2.05, 4.69) is 15.4 Å². The molecule has 1 amide bonds. The number of hydrogen-bond donors (Lipinski definition) is 2. The summed E-state index contributed by atoms with van der Waals surface area (Å²) in [5, 5.41) is 9.12. The molecule has 0 aliphatic heterocycles. The summed E-state index contributed by atoms with van der Waals surface area (Å²) < 4.78 is 1.35. The smallest absolute Gasteiger partial charge is 0.266 e. The summed E-state index contributed by atoms with van der Waals surface area (Å²) in [4.78, 5) is 27.6. The maximum atomic E-state index is 12.6. The van der Waals surface area contributed by atoms with E-state index in [1.54, 1.807) is 13.1 Å². The SMILES string of the molecule is Cn1nc2c(cc1=O)CC(C(=O)NCCc1c[nH]c3ccc(Cl)cc13)CC2. The molecule has 140 valence electrons. The van der Waals surface area contributed by atoms with Gasteiger partial charge in [-0.15, -0.1) is 0 Å². The maximum absolute atomic E-state index is 12.6. The van der Waals surface area contributed by atoms with Crippen LogP contribution < -0.4 is 10.9 Å². The highest BCUT2D eigenvalue weighted by Gasteiger charge is 2.26. The third-order valence-electron chi connectivity index (χ3n) is 5.25. The molecule has 0 bridgehead atoms. The highest BCUT2D eigenvalue weighted by atomic mass is 35.5. The van der Waals surface area contributed by atoms with E-state index in [0.29, 0.717) is 18.0 Å². The summed E-state index contributed by atoms with van der Waals surface area (Å²) in [6.07, 6.45) is 4.76. The number of amides is 1. The van der Waals surface area contributed by atoms with Crippen LogP contribution >= 0.6 is 11.6 Å². The molecule has 3 aromatic rings. The van der Waals surface area contributed by atoms with Crippen LogP contribution in [-0.4, -0.2) is 27.2 Å². The Labute approximate surface area is 161 Å². The second-order valence-electron chi connectivity index (χ2n) is 7.06. The lowest BCUT2D eigenvalue weighted by molar-refractivity contribution is -0.125. The number of benzene rings is 1. The van der Waals surface area contributed by atoms with E-state index >= 15 is 0 Å². The van der Waals surface area contributed by atoms with Crippen molar-refractivity contribution in [1.82, 2.24) is 20.1 Å². The molecule has 0 fully saturated rings. The van der Waals surface area contributed by atoms with Gasteiger partial charge in [-0.2, -0.15) is 5.10 Å². The number of aromatic amines is 1. The van der Waals surface area contributed by atoms with Gasteiger partial charge in [0.25, 0.3) is 5.56 Å². The van der Waals surface area contributed by atoms with E-state index < -0.39 is 0 Å². The van der Waals surface area contributed by atoms with Crippen LogP contribution in [0.3, 0.4) is 0 Å². The van der Waals surface area contributed by atoms with Gasteiger partial charge < -0.3 is 10.3 Å². The van der Waals surface area contributed by atoms with Gasteiger partial charge in [-0.3, -0.25) is 9.59 Å². The summed E-state index contributed by atoms with van der Waals surface area (Å²) in [6.45, 7) is 0.566. The molecule has 6 nitrogen and oxygen atoms in total. The van der Waals surface area contributed by atoms with Crippen LogP contribution in [0.2, 0.25) is 5.02 Å². The molecular formula is C20H21ClN4O2. The van der Waals surface area contributed by atoms with Crippen molar-refractivity contribution in [2.75, 3.05) is 6.54 Å². The van der Waals surface area contributed by atoms with Crippen molar-refractivity contribution in [1.29, 1.82) is 0 Å². The first kappa shape index (κ1) is 17.8. The van der Waals surface area contributed by atoms with E-state index in [-0.39, 0.29) is 17.4 Å². The molecule has 1 unspecified atom stereocenters. The predicted octanol–water partition coefficient (Wildman–Crippen LogP) is 2.38. The molecule has 1 aliphatic rings. The fourth-order valence-electron chi connectivity index (χ4n) is 3.73. The zero-order chi connectivity index (χ0) is 19.0. The number of H-pyrrole nitrogens is 1. The van der Waals surface area contributed by atoms with E-state index in [4.69, 9.17) is 11.6 Å². The minimum absolute atomic E-state index is 0.0409. The van der Waals surface area contributed by atoms with Crippen LogP contribution in [0.5, 0.6) is 0 Å². The van der Waals surface area contributed by atoms with E-state index in [9.17, 15) is 9.59 Å². The molecule has 2 heterocycles. The second kappa shape index (κ2) is 7.19. The van der Waals surface area contributed by atoms with Gasteiger partial charge in [0.1, 0.15) is 0 Å². The number of nitrogens with one attached hydrogen (secondary N) is 2. The van der Waals surface area contributed by atoms with Gasteiger partial charge in [-0.25, -0.2) is 4.68 Å². The van der Waals surface area contributed by atoms with Gasteiger partial charge in [0.15, 0.2) is 0 Å². The number of hydrogen-bond acceptors (Lipinski definition) is 3. The van der Waals surface area contributed by atoms with Crippen molar-refractivity contribution in [2.24, 2.45) is 13.0 Å². The Balaban J connectivity index is 1.37. The van der Waals surface area contributed by atoms with Crippen LogP contribution in [-0.2, 0) is 31.1 Å². The van der Waals surface area contributed by atoms with Crippen LogP contribution in [0.1, 0.15) is 23.2 Å². The first-order valence-corrected chi connectivity index (χ1v) is 9.48. The lowest BCUT2D eigenvalue weighted by Crippen LogP contribution is -2.36. The molecule has 0 saturated carbocycles. The number of nitrogens with zero attached hydrogens (tertiary/aromatic N) is 2. The predicted molar refractivity (Wildman–Crippen MR) is 105 cm³/mol. The topological polar surface area (TPSA) is 79.8 Å². The molecule has 4 rings (SSSR count). The van der Waals surface area contributed by atoms with E-state index in [1.165, 1.54) is 4.68 Å². The average molecular weight is 385 g/mol. The number of halogens is 1. The van der Waals surface area contributed by atoms with Crippen LogP contribution in [0.4, 0.5) is 0 Å². The fraction of sp³-hybridized carbons (Fsp3) is 0.350. The lowest BCUT2D eigenvalue weighted by atomic mass is 9.86. The second-order valence-corrected chi connectivity index (χ2v) is 7.50. The molecule has 1 aromatic carbocycles. The molecule has 0 spiro atoms. The van der Waals surface area contributed by atoms with Gasteiger partial charge >= 0.3 is 0 Å². The number of fused-ring (bicyclic) bond motifs is 2. The molecule has 0 saturated heterocycles. The maximum Gasteiger partial charge on any atom is 0.266 e. The molecule has 2 N–H and O–H groups in total. The van der Waals surface area contributed by atoms with Crippen LogP contribution in [0.25, 0.3) is 10.9 Å². The van der Waals surface area contributed by atoms with Crippen LogP contribution in [0.15, 0.2) is 35.3 Å². The molecule has 0 radical (unpaired) electrons. The highest BCUT2D eigenvalue weighted by Crippen LogP contribution is 2.24. The zero-order valence-electron chi connectivity index (χ0n) is 15.1. The van der Waals surface area contributed by atoms with Crippen molar-refractivity contribution in [3.8, 4) is 0 Å². The van der Waals surface area contributed by atoms with Gasteiger partial charge in [-0.1, -0.05) is 11.6 Å². The summed E-state index contributed by atoms with van der Waals surface area (Å²) in [7, 11) is 1.65. The molecule has 7 heteroatoms. The van der Waals surface area contributed by atoms with Crippen molar-refractivity contribution in [2.45, 2.75) is 25.7 Å². The van der Waals surface area contributed by atoms with Gasteiger partial charge in [0.05, 0.1) is 5.69 Å². The minimum atomic E-state index is -0.132.